The Bertz CT molecular complexity index is 1210. The number of thiophene rings is 1. The predicted molar refractivity (Wildman–Crippen MR) is 119 cm³/mol. The summed E-state index contributed by atoms with van der Waals surface area (Å²) in [6, 6.07) is 7.04. The number of ketones is 2. The number of anilines is 1. The van der Waals surface area contributed by atoms with Crippen molar-refractivity contribution in [2.75, 3.05) is 5.32 Å². The molecule has 2 aliphatic rings. The topological polar surface area (TPSA) is 113 Å². The van der Waals surface area contributed by atoms with Crippen LogP contribution in [0.1, 0.15) is 55.1 Å². The summed E-state index contributed by atoms with van der Waals surface area (Å²) in [4.78, 5) is 27.0. The number of aliphatic hydroxyl groups excluding tert-OH is 1. The zero-order chi connectivity index (χ0) is 22.6. The Labute approximate surface area is 185 Å². The molecule has 0 bridgehead atoms. The molecule has 2 aromatic rings. The van der Waals surface area contributed by atoms with Crippen molar-refractivity contribution >= 4 is 43.8 Å². The van der Waals surface area contributed by atoms with Crippen LogP contribution in [-0.4, -0.2) is 30.9 Å². The molecule has 31 heavy (non-hydrogen) atoms. The summed E-state index contributed by atoms with van der Waals surface area (Å²) in [6.07, 6.45) is 1.33. The average molecular weight is 461 g/mol. The largest absolute Gasteiger partial charge is 0.392 e. The lowest BCUT2D eigenvalue weighted by Gasteiger charge is -2.38. The number of amidine groups is 1. The fourth-order valence-electron chi connectivity index (χ4n) is 4.29. The van der Waals surface area contributed by atoms with Gasteiger partial charge in [0, 0.05) is 11.1 Å². The third-order valence-corrected chi connectivity index (χ3v) is 8.55. The van der Waals surface area contributed by atoms with E-state index >= 15 is 0 Å². The molecule has 1 aromatic carbocycles. The van der Waals surface area contributed by atoms with Crippen LogP contribution in [0.3, 0.4) is 0 Å². The molecule has 2 atom stereocenters. The Morgan fingerprint density at radius 2 is 1.97 bits per heavy atom. The number of carbonyl (C=O) groups is 2. The second-order valence-electron chi connectivity index (χ2n) is 8.63. The third-order valence-electron chi connectivity index (χ3n) is 6.06. The van der Waals surface area contributed by atoms with Crippen LogP contribution in [0.5, 0.6) is 0 Å². The maximum atomic E-state index is 13.7. The summed E-state index contributed by atoms with van der Waals surface area (Å²) in [5.74, 6) is -1.93. The molecule has 1 aliphatic carbocycles. The molecule has 2 N–H and O–H groups in total. The fourth-order valence-corrected chi connectivity index (χ4v) is 6.92. The number of nitrogens with zero attached hydrogens (tertiary/aromatic N) is 1. The zero-order valence-corrected chi connectivity index (χ0v) is 19.1. The molecule has 1 aromatic heterocycles. The van der Waals surface area contributed by atoms with Crippen molar-refractivity contribution in [3.8, 4) is 0 Å². The minimum atomic E-state index is -4.16. The summed E-state index contributed by atoms with van der Waals surface area (Å²) in [6.45, 7) is 5.52. The molecular weight excluding hydrogens is 436 g/mol. The first kappa shape index (κ1) is 21.9. The van der Waals surface area contributed by atoms with Crippen LogP contribution in [0.2, 0.25) is 0 Å². The van der Waals surface area contributed by atoms with E-state index in [1.54, 1.807) is 18.2 Å². The standard InChI is InChI=1S/C22H24N2O5S2/c1-12(2)8-9-22(3)15-7-5-4-6-14(15)17(26)16(19(22)27)20-23-21-18(31(28,29)24-20)13(10-25)11-30-21/h4-7,11-12,16,25H,8-10H2,1-3H3,(H,23,24)/t16?,22-/m1/s1. The van der Waals surface area contributed by atoms with Gasteiger partial charge in [-0.15, -0.1) is 15.7 Å². The van der Waals surface area contributed by atoms with Gasteiger partial charge in [0.05, 0.1) is 12.0 Å². The van der Waals surface area contributed by atoms with Gasteiger partial charge in [0.25, 0.3) is 10.0 Å². The van der Waals surface area contributed by atoms with Crippen LogP contribution in [0.15, 0.2) is 38.9 Å². The van der Waals surface area contributed by atoms with E-state index in [0.717, 1.165) is 17.8 Å². The molecule has 0 saturated heterocycles. The molecular formula is C22H24N2O5S2. The van der Waals surface area contributed by atoms with Crippen molar-refractivity contribution < 1.29 is 23.1 Å². The molecule has 164 valence electrons. The minimum absolute atomic E-state index is 0.0950. The molecule has 0 fully saturated rings. The summed E-state index contributed by atoms with van der Waals surface area (Å²) in [5, 5.41) is 14.2. The van der Waals surface area contributed by atoms with Gasteiger partial charge >= 0.3 is 0 Å². The number of fused-ring (bicyclic) bond motifs is 2. The molecule has 1 unspecified atom stereocenters. The van der Waals surface area contributed by atoms with Gasteiger partial charge in [0.15, 0.2) is 11.6 Å². The number of benzene rings is 1. The highest BCUT2D eigenvalue weighted by atomic mass is 32.2. The Morgan fingerprint density at radius 1 is 1.26 bits per heavy atom. The first-order chi connectivity index (χ1) is 14.6. The molecule has 0 saturated carbocycles. The van der Waals surface area contributed by atoms with Crippen molar-refractivity contribution in [2.24, 2.45) is 16.2 Å². The van der Waals surface area contributed by atoms with E-state index < -0.39 is 33.7 Å². The highest BCUT2D eigenvalue weighted by Gasteiger charge is 2.51. The van der Waals surface area contributed by atoms with E-state index in [2.05, 4.69) is 23.6 Å². The number of nitrogens with one attached hydrogen (secondary N) is 1. The van der Waals surface area contributed by atoms with Gasteiger partial charge in [-0.05, 0) is 36.6 Å². The Morgan fingerprint density at radius 3 is 2.65 bits per heavy atom. The number of hydrogen-bond donors (Lipinski definition) is 2. The summed E-state index contributed by atoms with van der Waals surface area (Å²) < 4.78 is 29.5. The summed E-state index contributed by atoms with van der Waals surface area (Å²) >= 11 is 1.10. The molecule has 7 nitrogen and oxygen atoms in total. The maximum Gasteiger partial charge on any atom is 0.287 e. The lowest BCUT2D eigenvalue weighted by Crippen LogP contribution is -2.51. The number of rotatable bonds is 5. The van der Waals surface area contributed by atoms with Crippen LogP contribution in [0.4, 0.5) is 5.00 Å². The van der Waals surface area contributed by atoms with Crippen LogP contribution in [0.25, 0.3) is 0 Å². The van der Waals surface area contributed by atoms with Gasteiger partial charge in [0.2, 0.25) is 0 Å². The van der Waals surface area contributed by atoms with Crippen LogP contribution in [0, 0.1) is 11.8 Å². The number of sulfonamides is 1. The van der Waals surface area contributed by atoms with E-state index in [0.29, 0.717) is 23.5 Å². The van der Waals surface area contributed by atoms with Gasteiger partial charge in [-0.25, -0.2) is 0 Å². The van der Waals surface area contributed by atoms with Gasteiger partial charge in [-0.1, -0.05) is 38.1 Å². The van der Waals surface area contributed by atoms with E-state index in [1.165, 1.54) is 5.38 Å². The lowest BCUT2D eigenvalue weighted by atomic mass is 9.63. The van der Waals surface area contributed by atoms with Gasteiger partial charge < -0.3 is 10.4 Å². The average Bonchev–Trinajstić information content (AvgIpc) is 3.15. The van der Waals surface area contributed by atoms with E-state index in [4.69, 9.17) is 0 Å². The summed E-state index contributed by atoms with van der Waals surface area (Å²) in [7, 11) is -4.16. The van der Waals surface area contributed by atoms with Crippen molar-refractivity contribution in [3.63, 3.8) is 0 Å². The first-order valence-electron chi connectivity index (χ1n) is 10.1. The monoisotopic (exact) mass is 460 g/mol. The predicted octanol–water partition coefficient (Wildman–Crippen LogP) is 3.53. The minimum Gasteiger partial charge on any atom is -0.392 e. The SMILES string of the molecule is CC(C)CC[C@@]1(C)C(=O)C(C2=NS(=O)(=O)c3c(CO)csc3N2)C(=O)c2ccccc21. The number of carbonyl (C=O) groups excluding carboxylic acids is 2. The Hall–Kier alpha value is -2.36. The molecule has 9 heteroatoms. The molecule has 0 spiro atoms. The lowest BCUT2D eigenvalue weighted by molar-refractivity contribution is -0.125. The van der Waals surface area contributed by atoms with E-state index in [-0.39, 0.29) is 27.1 Å². The van der Waals surface area contributed by atoms with Gasteiger partial charge in [0.1, 0.15) is 21.7 Å². The Kier molecular flexibility index (Phi) is 5.39. The highest BCUT2D eigenvalue weighted by Crippen LogP contribution is 2.44. The second kappa shape index (κ2) is 7.65. The number of aliphatic hydroxyl groups is 1. The summed E-state index contributed by atoms with van der Waals surface area (Å²) in [5.41, 5.74) is 0.414. The van der Waals surface area contributed by atoms with Crippen LogP contribution < -0.4 is 5.32 Å². The normalized spacial score (nSPS) is 24.4. The Balaban J connectivity index is 1.84. The van der Waals surface area contributed by atoms with Gasteiger partial charge in [-0.3, -0.25) is 9.59 Å². The van der Waals surface area contributed by atoms with Crippen LogP contribution >= 0.6 is 11.3 Å². The highest BCUT2D eigenvalue weighted by molar-refractivity contribution is 7.90. The van der Waals surface area contributed by atoms with Gasteiger partial charge in [-0.2, -0.15) is 8.42 Å². The third kappa shape index (κ3) is 3.44. The molecule has 4 rings (SSSR count). The first-order valence-corrected chi connectivity index (χ1v) is 12.4. The molecule has 0 amide bonds. The smallest absolute Gasteiger partial charge is 0.287 e. The quantitative estimate of drug-likeness (QED) is 0.660. The van der Waals surface area contributed by atoms with E-state index in [9.17, 15) is 23.1 Å². The molecule has 1 aliphatic heterocycles. The zero-order valence-electron chi connectivity index (χ0n) is 17.5. The van der Waals surface area contributed by atoms with Crippen molar-refractivity contribution in [1.29, 1.82) is 0 Å². The van der Waals surface area contributed by atoms with E-state index in [1.807, 2.05) is 13.0 Å². The van der Waals surface area contributed by atoms with Crippen molar-refractivity contribution in [2.45, 2.75) is 50.5 Å². The van der Waals surface area contributed by atoms with Crippen molar-refractivity contribution in [3.05, 3.63) is 46.3 Å². The molecule has 2 heterocycles. The maximum absolute atomic E-state index is 13.7. The number of hydrogen-bond acceptors (Lipinski definition) is 7. The fraction of sp³-hybridized carbons (Fsp3) is 0.409. The number of Topliss-reactive ketones (excluding diaryl/α,β-unsaturated/α-hetero) is 2. The van der Waals surface area contributed by atoms with Crippen molar-refractivity contribution in [1.82, 2.24) is 0 Å². The molecule has 0 radical (unpaired) electrons. The second-order valence-corrected chi connectivity index (χ2v) is 11.0. The van der Waals surface area contributed by atoms with Crippen LogP contribution in [-0.2, 0) is 26.8 Å².